The Balaban J connectivity index is 2.27. The highest BCUT2D eigenvalue weighted by Gasteiger charge is 2.12. The zero-order valence-electron chi connectivity index (χ0n) is 9.23. The SMILES string of the molecule is CN(C)S(=O)(=O)CCNCc1cc(Br)cs1. The monoisotopic (exact) mass is 326 g/mol. The smallest absolute Gasteiger partial charge is 0.214 e. The van der Waals surface area contributed by atoms with Gasteiger partial charge >= 0.3 is 0 Å². The third-order valence-corrected chi connectivity index (χ3v) is 5.54. The number of hydrogen-bond donors (Lipinski definition) is 1. The molecular formula is C9H15BrN2O2S2. The summed E-state index contributed by atoms with van der Waals surface area (Å²) in [5.74, 6) is 0.131. The van der Waals surface area contributed by atoms with Gasteiger partial charge in [-0.1, -0.05) is 0 Å². The standard InChI is InChI=1S/C9H15BrN2O2S2/c1-12(2)16(13,14)4-3-11-6-9-5-8(10)7-15-9/h5,7,11H,3-4,6H2,1-2H3. The van der Waals surface area contributed by atoms with E-state index in [2.05, 4.69) is 21.2 Å². The van der Waals surface area contributed by atoms with Gasteiger partial charge in [0.05, 0.1) is 5.75 Å². The predicted octanol–water partition coefficient (Wildman–Crippen LogP) is 1.49. The molecule has 1 N–H and O–H groups in total. The van der Waals surface area contributed by atoms with Crippen molar-refractivity contribution in [1.29, 1.82) is 0 Å². The zero-order chi connectivity index (χ0) is 12.2. The van der Waals surface area contributed by atoms with Gasteiger partial charge < -0.3 is 5.32 Å². The Labute approximate surface area is 109 Å². The molecule has 0 radical (unpaired) electrons. The average molecular weight is 327 g/mol. The Morgan fingerprint density at radius 1 is 1.50 bits per heavy atom. The minimum atomic E-state index is -3.08. The highest BCUT2D eigenvalue weighted by atomic mass is 79.9. The number of thiophene rings is 1. The van der Waals surface area contributed by atoms with Crippen LogP contribution in [0.3, 0.4) is 0 Å². The van der Waals surface area contributed by atoms with Gasteiger partial charge in [-0.05, 0) is 22.0 Å². The molecule has 0 saturated carbocycles. The molecule has 1 aromatic rings. The second kappa shape index (κ2) is 6.11. The Hall–Kier alpha value is 0.0500. The molecule has 0 aliphatic rings. The van der Waals surface area contributed by atoms with Gasteiger partial charge in [-0.25, -0.2) is 12.7 Å². The van der Waals surface area contributed by atoms with E-state index in [-0.39, 0.29) is 5.75 Å². The van der Waals surface area contributed by atoms with Gasteiger partial charge in [0.2, 0.25) is 10.0 Å². The average Bonchev–Trinajstić information content (AvgIpc) is 2.59. The van der Waals surface area contributed by atoms with E-state index in [1.54, 1.807) is 25.4 Å². The van der Waals surface area contributed by atoms with Crippen LogP contribution in [0.25, 0.3) is 0 Å². The van der Waals surface area contributed by atoms with E-state index in [0.717, 1.165) is 4.47 Å². The van der Waals surface area contributed by atoms with Gasteiger partial charge in [0.25, 0.3) is 0 Å². The Kier molecular flexibility index (Phi) is 5.39. The van der Waals surface area contributed by atoms with E-state index in [1.165, 1.54) is 9.18 Å². The molecule has 0 bridgehead atoms. The van der Waals surface area contributed by atoms with Crippen molar-refractivity contribution in [3.05, 3.63) is 20.8 Å². The third-order valence-electron chi connectivity index (χ3n) is 2.01. The molecule has 0 atom stereocenters. The molecule has 1 rings (SSSR count). The van der Waals surface area contributed by atoms with Gasteiger partial charge in [-0.15, -0.1) is 11.3 Å². The van der Waals surface area contributed by atoms with Crippen LogP contribution in [0.2, 0.25) is 0 Å². The van der Waals surface area contributed by atoms with Crippen LogP contribution in [0.5, 0.6) is 0 Å². The van der Waals surface area contributed by atoms with E-state index in [4.69, 9.17) is 0 Å². The molecule has 92 valence electrons. The maximum Gasteiger partial charge on any atom is 0.214 e. The molecule has 0 amide bonds. The third kappa shape index (κ3) is 4.50. The summed E-state index contributed by atoms with van der Waals surface area (Å²) in [7, 11) is 0.0122. The number of sulfonamides is 1. The van der Waals surface area contributed by atoms with Crippen LogP contribution < -0.4 is 5.32 Å². The summed E-state index contributed by atoms with van der Waals surface area (Å²) in [5.41, 5.74) is 0. The first-order chi connectivity index (χ1) is 7.42. The van der Waals surface area contributed by atoms with Gasteiger partial charge in [-0.3, -0.25) is 0 Å². The molecule has 7 heteroatoms. The van der Waals surface area contributed by atoms with E-state index in [9.17, 15) is 8.42 Å². The van der Waals surface area contributed by atoms with Crippen LogP contribution in [0.4, 0.5) is 0 Å². The molecule has 0 unspecified atom stereocenters. The minimum absolute atomic E-state index is 0.131. The lowest BCUT2D eigenvalue weighted by Crippen LogP contribution is -2.30. The summed E-state index contributed by atoms with van der Waals surface area (Å²) in [6.45, 7) is 1.18. The van der Waals surface area contributed by atoms with E-state index in [1.807, 2.05) is 11.4 Å². The van der Waals surface area contributed by atoms with E-state index >= 15 is 0 Å². The highest BCUT2D eigenvalue weighted by Crippen LogP contribution is 2.19. The van der Waals surface area contributed by atoms with Crippen molar-refractivity contribution in [3.63, 3.8) is 0 Å². The summed E-state index contributed by atoms with van der Waals surface area (Å²) in [6, 6.07) is 2.03. The van der Waals surface area contributed by atoms with Crippen LogP contribution in [0, 0.1) is 0 Å². The Bertz CT molecular complexity index is 428. The molecule has 1 aromatic heterocycles. The molecule has 4 nitrogen and oxygen atoms in total. The van der Waals surface area contributed by atoms with Crippen LogP contribution in [-0.4, -0.2) is 39.1 Å². The fourth-order valence-corrected chi connectivity index (χ4v) is 3.23. The largest absolute Gasteiger partial charge is 0.311 e. The van der Waals surface area contributed by atoms with Gasteiger partial charge in [0.15, 0.2) is 0 Å². The summed E-state index contributed by atoms with van der Waals surface area (Å²) < 4.78 is 25.2. The zero-order valence-corrected chi connectivity index (χ0v) is 12.5. The first kappa shape index (κ1) is 14.1. The van der Waals surface area contributed by atoms with Crippen molar-refractivity contribution in [1.82, 2.24) is 9.62 Å². The Morgan fingerprint density at radius 3 is 2.69 bits per heavy atom. The lowest BCUT2D eigenvalue weighted by atomic mass is 10.4. The summed E-state index contributed by atoms with van der Waals surface area (Å²) in [4.78, 5) is 1.19. The quantitative estimate of drug-likeness (QED) is 0.806. The van der Waals surface area contributed by atoms with Crippen molar-refractivity contribution in [2.24, 2.45) is 0 Å². The summed E-state index contributed by atoms with van der Waals surface area (Å²) >= 11 is 5.02. The summed E-state index contributed by atoms with van der Waals surface area (Å²) in [5, 5.41) is 5.12. The molecule has 0 aliphatic carbocycles. The van der Waals surface area contributed by atoms with Crippen molar-refractivity contribution >= 4 is 37.3 Å². The fourth-order valence-electron chi connectivity index (χ4n) is 1.04. The van der Waals surface area contributed by atoms with Crippen LogP contribution in [0.1, 0.15) is 4.88 Å². The van der Waals surface area contributed by atoms with Gasteiger partial charge in [0, 0.05) is 41.9 Å². The fraction of sp³-hybridized carbons (Fsp3) is 0.556. The number of hydrogen-bond acceptors (Lipinski definition) is 4. The molecule has 0 aromatic carbocycles. The maximum absolute atomic E-state index is 11.4. The van der Waals surface area contributed by atoms with Crippen molar-refractivity contribution in [3.8, 4) is 0 Å². The highest BCUT2D eigenvalue weighted by molar-refractivity contribution is 9.10. The number of nitrogens with zero attached hydrogens (tertiary/aromatic N) is 1. The maximum atomic E-state index is 11.4. The summed E-state index contributed by atoms with van der Waals surface area (Å²) in [6.07, 6.45) is 0. The lowest BCUT2D eigenvalue weighted by molar-refractivity contribution is 0.517. The number of halogens is 1. The molecule has 0 saturated heterocycles. The molecule has 0 spiro atoms. The molecule has 0 fully saturated rings. The first-order valence-electron chi connectivity index (χ1n) is 4.75. The van der Waals surface area contributed by atoms with Crippen LogP contribution in [0.15, 0.2) is 15.9 Å². The first-order valence-corrected chi connectivity index (χ1v) is 8.04. The van der Waals surface area contributed by atoms with Crippen molar-refractivity contribution < 1.29 is 8.42 Å². The molecule has 1 heterocycles. The second-order valence-corrected chi connectivity index (χ2v) is 7.72. The number of rotatable bonds is 6. The second-order valence-electron chi connectivity index (χ2n) is 3.51. The van der Waals surface area contributed by atoms with E-state index < -0.39 is 10.0 Å². The predicted molar refractivity (Wildman–Crippen MR) is 71.2 cm³/mol. The topological polar surface area (TPSA) is 49.4 Å². The number of nitrogens with one attached hydrogen (secondary N) is 1. The van der Waals surface area contributed by atoms with Crippen LogP contribution >= 0.6 is 27.3 Å². The van der Waals surface area contributed by atoms with Gasteiger partial charge in [0.1, 0.15) is 0 Å². The van der Waals surface area contributed by atoms with Crippen molar-refractivity contribution in [2.45, 2.75) is 6.54 Å². The van der Waals surface area contributed by atoms with Crippen LogP contribution in [-0.2, 0) is 16.6 Å². The molecule has 16 heavy (non-hydrogen) atoms. The van der Waals surface area contributed by atoms with Crippen molar-refractivity contribution in [2.75, 3.05) is 26.4 Å². The normalized spacial score (nSPS) is 12.2. The minimum Gasteiger partial charge on any atom is -0.311 e. The van der Waals surface area contributed by atoms with E-state index in [0.29, 0.717) is 13.1 Å². The Morgan fingerprint density at radius 2 is 2.19 bits per heavy atom. The lowest BCUT2D eigenvalue weighted by Gasteiger charge is -2.11. The van der Waals surface area contributed by atoms with Gasteiger partial charge in [-0.2, -0.15) is 0 Å². The molecular weight excluding hydrogens is 312 g/mol. The molecule has 0 aliphatic heterocycles.